The van der Waals surface area contributed by atoms with Crippen LogP contribution in [0.1, 0.15) is 0 Å². The molecule has 14 aromatic rings. The Morgan fingerprint density at radius 3 is 1.56 bits per heavy atom. The molecular weight excluding hydrogens is 1050 g/mol. The molecule has 11 aromatic carbocycles. The van der Waals surface area contributed by atoms with Crippen LogP contribution >= 0.6 is 11.0 Å². The molecule has 0 N–H and O–H groups in total. The van der Waals surface area contributed by atoms with Crippen molar-refractivity contribution >= 4 is 144 Å². The van der Waals surface area contributed by atoms with Gasteiger partial charge in [-0.15, -0.1) is 0 Å². The van der Waals surface area contributed by atoms with Crippen LogP contribution in [-0.4, -0.2) is 44.6 Å². The summed E-state index contributed by atoms with van der Waals surface area (Å²) in [5.74, 6) is 0. The molecule has 0 amide bonds. The van der Waals surface area contributed by atoms with Crippen molar-refractivity contribution in [1.82, 2.24) is 14.4 Å². The summed E-state index contributed by atoms with van der Waals surface area (Å²) in [7, 11) is 0. The van der Waals surface area contributed by atoms with Crippen molar-refractivity contribution in [3.63, 3.8) is 0 Å². The fraction of sp³-hybridized carbons (Fsp3) is 0. The van der Waals surface area contributed by atoms with Gasteiger partial charge >= 0.3 is 435 Å². The number of fused-ring (bicyclic) bond motifs is 11. The predicted molar refractivity (Wildman–Crippen MR) is 318 cm³/mol. The molecule has 3 heterocycles. The number of rotatable bonds is 8. The third-order valence-electron chi connectivity index (χ3n) is 14.7. The van der Waals surface area contributed by atoms with Crippen LogP contribution in [0.2, 0.25) is 0 Å². The molecule has 2 unspecified atom stereocenters. The minimum atomic E-state index is -2.22. The van der Waals surface area contributed by atoms with E-state index in [9.17, 15) is 0 Å². The molecule has 3 nitrogen and oxygen atoms in total. The first-order valence-electron chi connectivity index (χ1n) is 24.5. The number of nitrogens with zero attached hydrogens (tertiary/aromatic N) is 3. The summed E-state index contributed by atoms with van der Waals surface area (Å²) < 4.78 is 2.38. The molecular formula is C66H43N3P2Se2. The summed E-state index contributed by atoms with van der Waals surface area (Å²) in [6.45, 7) is 0. The molecule has 0 aliphatic rings. The van der Waals surface area contributed by atoms with E-state index in [1.165, 1.54) is 80.5 Å². The van der Waals surface area contributed by atoms with Gasteiger partial charge in [-0.25, -0.2) is 0 Å². The van der Waals surface area contributed by atoms with Crippen molar-refractivity contribution in [1.29, 1.82) is 0 Å². The van der Waals surface area contributed by atoms with Crippen LogP contribution < -0.4 is 31.8 Å². The van der Waals surface area contributed by atoms with E-state index in [4.69, 9.17) is 9.97 Å². The van der Waals surface area contributed by atoms with Crippen molar-refractivity contribution in [3.8, 4) is 22.4 Å². The summed E-state index contributed by atoms with van der Waals surface area (Å²) in [6, 6.07) is 93.5. The van der Waals surface area contributed by atoms with Crippen molar-refractivity contribution in [2.75, 3.05) is 0 Å². The average Bonchev–Trinajstić information content (AvgIpc) is 3.86. The Morgan fingerprint density at radius 2 is 0.890 bits per heavy atom. The first kappa shape index (κ1) is 44.4. The van der Waals surface area contributed by atoms with Crippen LogP contribution in [0.15, 0.2) is 261 Å². The zero-order valence-electron chi connectivity index (χ0n) is 39.4. The second kappa shape index (κ2) is 17.7. The molecule has 0 saturated carbocycles. The van der Waals surface area contributed by atoms with Gasteiger partial charge in [0.2, 0.25) is 0 Å². The van der Waals surface area contributed by atoms with Gasteiger partial charge in [0.1, 0.15) is 0 Å². The van der Waals surface area contributed by atoms with Crippen LogP contribution in [0.3, 0.4) is 0 Å². The minimum absolute atomic E-state index is 0.924. The van der Waals surface area contributed by atoms with Crippen LogP contribution in [0.5, 0.6) is 0 Å². The summed E-state index contributed by atoms with van der Waals surface area (Å²) in [5.41, 5.74) is 4.00. The Bertz CT molecular complexity index is 4630. The van der Waals surface area contributed by atoms with Crippen LogP contribution in [0.4, 0.5) is 0 Å². The Balaban J connectivity index is 0.919. The Hall–Kier alpha value is -7.28. The topological polar surface area (TPSA) is 30.2 Å². The van der Waals surface area contributed by atoms with Crippen LogP contribution in [0, 0.1) is 0 Å². The van der Waals surface area contributed by atoms with E-state index in [0.717, 1.165) is 44.4 Å². The van der Waals surface area contributed by atoms with Gasteiger partial charge in [0.25, 0.3) is 0 Å². The van der Waals surface area contributed by atoms with Crippen molar-refractivity contribution in [2.24, 2.45) is 0 Å². The fourth-order valence-corrected chi connectivity index (χ4v) is 21.2. The van der Waals surface area contributed by atoms with Crippen molar-refractivity contribution in [2.45, 2.75) is 0 Å². The molecule has 0 aliphatic heterocycles. The van der Waals surface area contributed by atoms with E-state index >= 15 is 0 Å². The van der Waals surface area contributed by atoms with Gasteiger partial charge < -0.3 is 0 Å². The number of pyridine rings is 2. The third-order valence-corrected chi connectivity index (χ3v) is 28.7. The number of hydrogen-bond acceptors (Lipinski definition) is 2. The zero-order valence-corrected chi connectivity index (χ0v) is 44.6. The number of imidazole rings is 1. The van der Waals surface area contributed by atoms with E-state index in [0.29, 0.717) is 0 Å². The van der Waals surface area contributed by atoms with E-state index in [1.807, 2.05) is 0 Å². The third kappa shape index (κ3) is 7.22. The maximum absolute atomic E-state index is 5.39. The first-order valence-corrected chi connectivity index (χ1v) is 32.5. The molecule has 0 aliphatic carbocycles. The van der Waals surface area contributed by atoms with Gasteiger partial charge in [0, 0.05) is 0 Å². The molecule has 2 atom stereocenters. The van der Waals surface area contributed by atoms with E-state index in [-0.39, 0.29) is 0 Å². The van der Waals surface area contributed by atoms with Crippen molar-refractivity contribution in [3.05, 3.63) is 261 Å². The van der Waals surface area contributed by atoms with Gasteiger partial charge in [-0.1, -0.05) is 6.07 Å². The molecule has 0 bridgehead atoms. The zero-order chi connectivity index (χ0) is 48.7. The molecule has 73 heavy (non-hydrogen) atoms. The molecule has 0 radical (unpaired) electrons. The molecule has 344 valence electrons. The van der Waals surface area contributed by atoms with Gasteiger partial charge in [0.05, 0.1) is 0 Å². The van der Waals surface area contributed by atoms with E-state index in [2.05, 4.69) is 296 Å². The number of hydrogen-bond donors (Lipinski definition) is 0. The number of aromatic nitrogens is 3. The Labute approximate surface area is 438 Å². The van der Waals surface area contributed by atoms with E-state index < -0.39 is 11.0 Å². The standard InChI is InChI=1S/C66H43N3P2Se2/c72-70(50-19-3-1-4-20-50,52-31-27-44-15-7-9-17-46(44)39-52)54-33-37-61(67-43-54)49-29-34-58-57-24-12-14-26-60(57)66-68-62-36-30-48(41-64(62)69(66)63(58)42-49)55-35-38-65(59-25-13-11-23-56(55)59)71(73,51-21-5-2-6-22-51)53-32-28-45-16-8-10-18-47(45)40-53/h1-43H. The van der Waals surface area contributed by atoms with Gasteiger partial charge in [-0.2, -0.15) is 0 Å². The first-order chi connectivity index (χ1) is 35.9. The van der Waals surface area contributed by atoms with Gasteiger partial charge in [0.15, 0.2) is 0 Å². The quantitative estimate of drug-likeness (QED) is 0.0862. The Kier molecular flexibility index (Phi) is 10.8. The van der Waals surface area contributed by atoms with Crippen LogP contribution in [-0.2, 0) is 0 Å². The van der Waals surface area contributed by atoms with Crippen LogP contribution in [0.25, 0.3) is 93.1 Å². The molecule has 14 rings (SSSR count). The summed E-state index contributed by atoms with van der Waals surface area (Å²) in [5, 5.41) is 18.6. The molecule has 3 aromatic heterocycles. The molecule has 0 spiro atoms. The van der Waals surface area contributed by atoms with Crippen molar-refractivity contribution < 1.29 is 0 Å². The van der Waals surface area contributed by atoms with Gasteiger partial charge in [-0.05, 0) is 0 Å². The number of benzene rings is 11. The second-order valence-corrected chi connectivity index (χ2v) is 31.2. The predicted octanol–water partition coefficient (Wildman–Crippen LogP) is 13.7. The average molecular weight is 1100 g/mol. The molecule has 0 fully saturated rings. The Morgan fingerprint density at radius 1 is 0.342 bits per heavy atom. The second-order valence-electron chi connectivity index (χ2n) is 18.8. The summed E-state index contributed by atoms with van der Waals surface area (Å²) in [6.07, 6.45) is 2.10. The molecule has 0 saturated heterocycles. The maximum atomic E-state index is 5.39. The van der Waals surface area contributed by atoms with Gasteiger partial charge in [-0.3, -0.25) is 0 Å². The normalized spacial score (nSPS) is 13.5. The molecule has 7 heteroatoms. The monoisotopic (exact) mass is 1100 g/mol. The summed E-state index contributed by atoms with van der Waals surface area (Å²) in [4.78, 5) is 10.7. The summed E-state index contributed by atoms with van der Waals surface area (Å²) >= 11 is 7.62. The van der Waals surface area contributed by atoms with E-state index in [1.54, 1.807) is 0 Å². The fourth-order valence-electron chi connectivity index (χ4n) is 11.1. The SMILES string of the molecule is [Se]=P(c1ccccc1)(c1ccc(-c2ccc3c4ccccc4c4nc5ccc(-c6ccc(P(=[Se])(c7ccccc7)c7ccc8ccccc8c7)c7ccccc67)cc5n4c3c2)nc1)c1ccc2ccccc2c1.